The molecule has 1 heterocycles. The molecule has 4 nitrogen and oxygen atoms in total. The minimum absolute atomic E-state index is 0.146. The van der Waals surface area contributed by atoms with Gasteiger partial charge in [-0.1, -0.05) is 52.8 Å². The summed E-state index contributed by atoms with van der Waals surface area (Å²) in [4.78, 5) is 6.69. The van der Waals surface area contributed by atoms with E-state index in [9.17, 15) is 0 Å². The third-order valence-electron chi connectivity index (χ3n) is 2.18. The number of hydrogen-bond acceptors (Lipinski definition) is 2. The van der Waals surface area contributed by atoms with E-state index >= 15 is 0 Å². The second kappa shape index (κ2) is 5.22. The zero-order valence-corrected chi connectivity index (χ0v) is 9.52. The van der Waals surface area contributed by atoms with Crippen LogP contribution in [0.5, 0.6) is 0 Å². The maximum absolute atomic E-state index is 8.13. The number of halogens is 1. The van der Waals surface area contributed by atoms with Gasteiger partial charge in [0.1, 0.15) is 5.15 Å². The molecule has 0 spiro atoms. The summed E-state index contributed by atoms with van der Waals surface area (Å²) in [6.45, 7) is 0.146. The molecule has 2 aromatic rings. The Kier molecular flexibility index (Phi) is 3.46. The van der Waals surface area contributed by atoms with Gasteiger partial charge < -0.3 is 0 Å². The van der Waals surface area contributed by atoms with E-state index in [0.717, 1.165) is 16.3 Å². The predicted molar refractivity (Wildman–Crippen MR) is 67.6 cm³/mol. The van der Waals surface area contributed by atoms with Gasteiger partial charge in [-0.25, -0.2) is 4.98 Å². The van der Waals surface area contributed by atoms with E-state index in [4.69, 9.17) is 17.1 Å². The van der Waals surface area contributed by atoms with Gasteiger partial charge in [0.2, 0.25) is 0 Å². The van der Waals surface area contributed by atoms with Gasteiger partial charge in [-0.15, -0.1) is 0 Å². The summed E-state index contributed by atoms with van der Waals surface area (Å²) in [5.41, 5.74) is 8.91. The van der Waals surface area contributed by atoms with Crippen LogP contribution in [0.1, 0.15) is 5.56 Å². The molecule has 2 rings (SSSR count). The molecule has 0 bridgehead atoms. The molecule has 0 radical (unpaired) electrons. The Balaban J connectivity index is 2.50. The van der Waals surface area contributed by atoms with E-state index in [-0.39, 0.29) is 6.54 Å². The lowest BCUT2D eigenvalue weighted by molar-refractivity contribution is 1.25. The van der Waals surface area contributed by atoms with Crippen LogP contribution in [0.25, 0.3) is 21.2 Å². The van der Waals surface area contributed by atoms with Crippen molar-refractivity contribution < 1.29 is 0 Å². The first-order chi connectivity index (χ1) is 8.33. The molecule has 0 aliphatic heterocycles. The molecule has 5 heteroatoms. The topological polar surface area (TPSA) is 61.7 Å². The Morgan fingerprint density at radius 2 is 2.12 bits per heavy atom. The Morgan fingerprint density at radius 1 is 1.35 bits per heavy atom. The van der Waals surface area contributed by atoms with Gasteiger partial charge in [-0.3, -0.25) is 0 Å². The van der Waals surface area contributed by atoms with E-state index in [1.807, 2.05) is 24.3 Å². The molecule has 0 atom stereocenters. The largest absolute Gasteiger partial charge is 0.243 e. The molecule has 0 saturated heterocycles. The van der Waals surface area contributed by atoms with Gasteiger partial charge in [0.15, 0.2) is 0 Å². The van der Waals surface area contributed by atoms with Crippen molar-refractivity contribution in [1.29, 1.82) is 0 Å². The lowest BCUT2D eigenvalue weighted by Gasteiger charge is -2.01. The van der Waals surface area contributed by atoms with Crippen LogP contribution in [-0.4, -0.2) is 11.5 Å². The molecule has 0 aliphatic carbocycles. The van der Waals surface area contributed by atoms with Crippen LogP contribution >= 0.6 is 11.6 Å². The molecule has 82 valence electrons. The Bertz CT molecular complexity index is 663. The minimum atomic E-state index is 0.146. The number of aromatic nitrogens is 1. The number of pyridine rings is 1. The van der Waals surface area contributed by atoms with Crippen molar-refractivity contribution >= 4 is 22.4 Å². The fourth-order valence-corrected chi connectivity index (χ4v) is 1.67. The van der Waals surface area contributed by atoms with Gasteiger partial charge in [0.05, 0.1) is 12.1 Å². The normalized spacial score (nSPS) is 9.24. The molecule has 0 unspecified atom stereocenters. The molecule has 1 aromatic carbocycles. The van der Waals surface area contributed by atoms with Crippen molar-refractivity contribution in [3.63, 3.8) is 0 Å². The second-order valence-electron chi connectivity index (χ2n) is 3.20. The minimum Gasteiger partial charge on any atom is -0.243 e. The van der Waals surface area contributed by atoms with Gasteiger partial charge in [0.25, 0.3) is 0 Å². The fourth-order valence-electron chi connectivity index (χ4n) is 1.46. The number of azide groups is 1. The van der Waals surface area contributed by atoms with Gasteiger partial charge in [-0.05, 0) is 5.53 Å². The number of benzene rings is 1. The highest BCUT2D eigenvalue weighted by Crippen LogP contribution is 2.23. The van der Waals surface area contributed by atoms with E-state index in [0.29, 0.717) is 5.15 Å². The molecule has 0 N–H and O–H groups in total. The highest BCUT2D eigenvalue weighted by atomic mass is 35.5. The maximum atomic E-state index is 8.13. The second-order valence-corrected chi connectivity index (χ2v) is 3.56. The SMILES string of the molecule is [N-]=[N+]=NCC#Cc1cnc(Cl)c2ccccc12. The quantitative estimate of drug-likeness (QED) is 0.248. The summed E-state index contributed by atoms with van der Waals surface area (Å²) in [7, 11) is 0. The highest BCUT2D eigenvalue weighted by Gasteiger charge is 2.02. The van der Waals surface area contributed by atoms with Crippen LogP contribution < -0.4 is 0 Å². The summed E-state index contributed by atoms with van der Waals surface area (Å²) in [5.74, 6) is 5.67. The smallest absolute Gasteiger partial charge is 0.136 e. The van der Waals surface area contributed by atoms with Crippen molar-refractivity contribution in [2.75, 3.05) is 6.54 Å². The van der Waals surface area contributed by atoms with Gasteiger partial charge in [-0.2, -0.15) is 0 Å². The van der Waals surface area contributed by atoms with Crippen LogP contribution in [0, 0.1) is 11.8 Å². The molecule has 0 aliphatic rings. The molecule has 0 saturated carbocycles. The number of fused-ring (bicyclic) bond motifs is 1. The van der Waals surface area contributed by atoms with Crippen LogP contribution in [0.3, 0.4) is 0 Å². The van der Waals surface area contributed by atoms with E-state index in [1.54, 1.807) is 6.20 Å². The average molecular weight is 243 g/mol. The van der Waals surface area contributed by atoms with Crippen LogP contribution in [0.4, 0.5) is 0 Å². The van der Waals surface area contributed by atoms with E-state index in [2.05, 4.69) is 26.9 Å². The van der Waals surface area contributed by atoms with Crippen molar-refractivity contribution in [2.24, 2.45) is 5.11 Å². The molecule has 17 heavy (non-hydrogen) atoms. The standard InChI is InChI=1S/C12H7ClN4/c13-12-11-6-2-1-5-10(11)9(8-15-12)4-3-7-16-17-14/h1-2,5-6,8H,7H2. The Hall–Kier alpha value is -2.21. The van der Waals surface area contributed by atoms with Crippen LogP contribution in [-0.2, 0) is 0 Å². The lowest BCUT2D eigenvalue weighted by atomic mass is 10.1. The van der Waals surface area contributed by atoms with Crippen LogP contribution in [0.15, 0.2) is 35.6 Å². The van der Waals surface area contributed by atoms with Gasteiger partial charge in [0, 0.05) is 21.9 Å². The summed E-state index contributed by atoms with van der Waals surface area (Å²) >= 11 is 5.99. The number of nitrogens with zero attached hydrogens (tertiary/aromatic N) is 4. The van der Waals surface area contributed by atoms with Gasteiger partial charge >= 0.3 is 0 Å². The predicted octanol–water partition coefficient (Wildman–Crippen LogP) is 3.55. The third-order valence-corrected chi connectivity index (χ3v) is 2.48. The van der Waals surface area contributed by atoms with E-state index in [1.165, 1.54) is 0 Å². The maximum Gasteiger partial charge on any atom is 0.136 e. The van der Waals surface area contributed by atoms with Crippen molar-refractivity contribution in [3.05, 3.63) is 51.6 Å². The molecule has 1 aromatic heterocycles. The summed E-state index contributed by atoms with van der Waals surface area (Å²) < 4.78 is 0. The average Bonchev–Trinajstić information content (AvgIpc) is 2.37. The van der Waals surface area contributed by atoms with Crippen molar-refractivity contribution in [3.8, 4) is 11.8 Å². The summed E-state index contributed by atoms with van der Waals surface area (Å²) in [6, 6.07) is 7.63. The highest BCUT2D eigenvalue weighted by molar-refractivity contribution is 6.34. The first-order valence-electron chi connectivity index (χ1n) is 4.86. The third kappa shape index (κ3) is 2.48. The summed E-state index contributed by atoms with van der Waals surface area (Å²) in [5, 5.41) is 5.62. The zero-order valence-electron chi connectivity index (χ0n) is 8.76. The molecule has 0 fully saturated rings. The Labute approximate surface area is 103 Å². The Morgan fingerprint density at radius 3 is 2.88 bits per heavy atom. The first kappa shape index (κ1) is 11.3. The van der Waals surface area contributed by atoms with Crippen LogP contribution in [0.2, 0.25) is 5.15 Å². The van der Waals surface area contributed by atoms with Crippen molar-refractivity contribution in [2.45, 2.75) is 0 Å². The monoisotopic (exact) mass is 242 g/mol. The fraction of sp³-hybridized carbons (Fsp3) is 0.0833. The number of rotatable bonds is 1. The zero-order chi connectivity index (χ0) is 12.1. The molecular formula is C12H7ClN4. The number of hydrogen-bond donors (Lipinski definition) is 0. The van der Waals surface area contributed by atoms with Crippen molar-refractivity contribution in [1.82, 2.24) is 4.98 Å². The molecular weight excluding hydrogens is 236 g/mol. The summed E-state index contributed by atoms with van der Waals surface area (Å²) in [6.07, 6.45) is 1.62. The van der Waals surface area contributed by atoms with E-state index < -0.39 is 0 Å². The lowest BCUT2D eigenvalue weighted by Crippen LogP contribution is -1.85. The molecule has 0 amide bonds. The first-order valence-corrected chi connectivity index (χ1v) is 5.23.